The maximum Gasteiger partial charge on any atom is 0.166 e. The zero-order valence-electron chi connectivity index (χ0n) is 7.22. The Kier molecular flexibility index (Phi) is 3.27. The first-order chi connectivity index (χ1) is 6.00. The van der Waals surface area contributed by atoms with Crippen LogP contribution in [0.4, 0.5) is 4.39 Å². The van der Waals surface area contributed by atoms with Gasteiger partial charge in [0.05, 0.1) is 0 Å². The fourth-order valence-corrected chi connectivity index (χ4v) is 1.60. The molecule has 0 saturated carbocycles. The number of benzene rings is 1. The predicted molar refractivity (Wildman–Crippen MR) is 53.1 cm³/mol. The third kappa shape index (κ3) is 2.67. The molecule has 0 spiro atoms. The van der Waals surface area contributed by atoms with Crippen LogP contribution in [-0.4, -0.2) is 11.1 Å². The molecule has 4 heteroatoms. The van der Waals surface area contributed by atoms with E-state index in [1.54, 1.807) is 13.0 Å². The molecule has 0 aliphatic rings. The molecule has 2 nitrogen and oxygen atoms in total. The summed E-state index contributed by atoms with van der Waals surface area (Å²) in [6.45, 7) is 1.80. The van der Waals surface area contributed by atoms with Crippen molar-refractivity contribution in [3.05, 3.63) is 28.0 Å². The van der Waals surface area contributed by atoms with Crippen LogP contribution in [0, 0.1) is 5.82 Å². The van der Waals surface area contributed by atoms with E-state index in [4.69, 9.17) is 5.73 Å². The predicted octanol–water partition coefficient (Wildman–Crippen LogP) is 2.18. The van der Waals surface area contributed by atoms with Crippen LogP contribution in [0.1, 0.15) is 12.5 Å². The Bertz CT molecular complexity index is 315. The molecule has 0 aromatic heterocycles. The zero-order valence-corrected chi connectivity index (χ0v) is 8.81. The quantitative estimate of drug-likeness (QED) is 0.842. The average molecular weight is 248 g/mol. The number of hydrogen-bond donors (Lipinski definition) is 2. The van der Waals surface area contributed by atoms with Crippen LogP contribution >= 0.6 is 15.9 Å². The van der Waals surface area contributed by atoms with E-state index in [0.717, 1.165) is 0 Å². The number of rotatable bonds is 2. The molecule has 0 heterocycles. The summed E-state index contributed by atoms with van der Waals surface area (Å²) in [5.74, 6) is -0.925. The molecule has 1 rings (SSSR count). The van der Waals surface area contributed by atoms with Crippen LogP contribution < -0.4 is 5.73 Å². The van der Waals surface area contributed by atoms with E-state index in [9.17, 15) is 9.50 Å². The molecule has 0 amide bonds. The molecular formula is C9H11BrFNO. The first kappa shape index (κ1) is 10.5. The van der Waals surface area contributed by atoms with Gasteiger partial charge >= 0.3 is 0 Å². The largest absolute Gasteiger partial charge is 0.505 e. The molecule has 13 heavy (non-hydrogen) atoms. The molecule has 0 aliphatic heterocycles. The highest BCUT2D eigenvalue weighted by molar-refractivity contribution is 9.10. The van der Waals surface area contributed by atoms with E-state index in [2.05, 4.69) is 15.9 Å². The molecule has 1 atom stereocenters. The van der Waals surface area contributed by atoms with Gasteiger partial charge in [0.15, 0.2) is 11.6 Å². The van der Waals surface area contributed by atoms with E-state index in [-0.39, 0.29) is 11.8 Å². The minimum atomic E-state index is -0.620. The lowest BCUT2D eigenvalue weighted by Crippen LogP contribution is -2.17. The second-order valence-electron chi connectivity index (χ2n) is 3.08. The van der Waals surface area contributed by atoms with Crippen molar-refractivity contribution < 1.29 is 9.50 Å². The highest BCUT2D eigenvalue weighted by atomic mass is 79.9. The van der Waals surface area contributed by atoms with Crippen molar-refractivity contribution in [2.24, 2.45) is 5.73 Å². The van der Waals surface area contributed by atoms with Gasteiger partial charge in [-0.25, -0.2) is 4.39 Å². The van der Waals surface area contributed by atoms with E-state index >= 15 is 0 Å². The van der Waals surface area contributed by atoms with Gasteiger partial charge in [-0.05, 0) is 31.0 Å². The molecule has 0 saturated heterocycles. The highest BCUT2D eigenvalue weighted by Gasteiger charge is 2.10. The van der Waals surface area contributed by atoms with Gasteiger partial charge in [0.1, 0.15) is 0 Å². The van der Waals surface area contributed by atoms with Gasteiger partial charge in [-0.3, -0.25) is 0 Å². The molecule has 3 N–H and O–H groups in total. The van der Waals surface area contributed by atoms with E-state index in [0.29, 0.717) is 16.5 Å². The van der Waals surface area contributed by atoms with Crippen LogP contribution in [0.25, 0.3) is 0 Å². The Labute approximate surface area is 84.7 Å². The first-order valence-corrected chi connectivity index (χ1v) is 4.72. The number of aromatic hydroxyl groups is 1. The third-order valence-corrected chi connectivity index (χ3v) is 2.11. The van der Waals surface area contributed by atoms with Crippen LogP contribution in [0.5, 0.6) is 5.75 Å². The lowest BCUT2D eigenvalue weighted by atomic mass is 10.1. The van der Waals surface area contributed by atoms with Crippen molar-refractivity contribution in [1.82, 2.24) is 0 Å². The zero-order chi connectivity index (χ0) is 10.0. The summed E-state index contributed by atoms with van der Waals surface area (Å²) in [7, 11) is 0. The van der Waals surface area contributed by atoms with Crippen molar-refractivity contribution in [3.8, 4) is 5.75 Å². The number of phenolic OH excluding ortho intramolecular Hbond substituents is 1. The van der Waals surface area contributed by atoms with Gasteiger partial charge in [0, 0.05) is 10.5 Å². The van der Waals surface area contributed by atoms with Crippen molar-refractivity contribution in [3.63, 3.8) is 0 Å². The SMILES string of the molecule is C[C@H](N)Cc1cc(Br)cc(F)c1O. The molecule has 72 valence electrons. The number of halogens is 2. The molecule has 0 unspecified atom stereocenters. The van der Waals surface area contributed by atoms with Crippen LogP contribution in [0.3, 0.4) is 0 Å². The second kappa shape index (κ2) is 4.07. The van der Waals surface area contributed by atoms with Crippen LogP contribution in [0.2, 0.25) is 0 Å². The summed E-state index contributed by atoms with van der Waals surface area (Å²) >= 11 is 3.15. The van der Waals surface area contributed by atoms with Gasteiger partial charge in [-0.15, -0.1) is 0 Å². The maximum absolute atomic E-state index is 13.0. The number of phenols is 1. The van der Waals surface area contributed by atoms with Crippen molar-refractivity contribution in [1.29, 1.82) is 0 Å². The molecule has 0 radical (unpaired) electrons. The first-order valence-electron chi connectivity index (χ1n) is 3.93. The lowest BCUT2D eigenvalue weighted by Gasteiger charge is -2.08. The maximum atomic E-state index is 13.0. The summed E-state index contributed by atoms with van der Waals surface area (Å²) in [5, 5.41) is 9.32. The third-order valence-electron chi connectivity index (χ3n) is 1.65. The van der Waals surface area contributed by atoms with Gasteiger partial charge < -0.3 is 10.8 Å². The van der Waals surface area contributed by atoms with Crippen molar-refractivity contribution >= 4 is 15.9 Å². The normalized spacial score (nSPS) is 12.9. The Morgan fingerprint density at radius 3 is 2.77 bits per heavy atom. The molecule has 0 aliphatic carbocycles. The average Bonchev–Trinajstić information content (AvgIpc) is 1.98. The Balaban J connectivity index is 3.05. The summed E-state index contributed by atoms with van der Waals surface area (Å²) in [6.07, 6.45) is 0.461. The minimum absolute atomic E-state index is 0.0976. The van der Waals surface area contributed by atoms with Gasteiger partial charge in [-0.2, -0.15) is 0 Å². The minimum Gasteiger partial charge on any atom is -0.505 e. The molecular weight excluding hydrogens is 237 g/mol. The Morgan fingerprint density at radius 2 is 2.23 bits per heavy atom. The van der Waals surface area contributed by atoms with Crippen LogP contribution in [0.15, 0.2) is 16.6 Å². The molecule has 0 fully saturated rings. The second-order valence-corrected chi connectivity index (χ2v) is 3.99. The van der Waals surface area contributed by atoms with E-state index in [1.807, 2.05) is 0 Å². The van der Waals surface area contributed by atoms with Gasteiger partial charge in [0.2, 0.25) is 0 Å². The fraction of sp³-hybridized carbons (Fsp3) is 0.333. The topological polar surface area (TPSA) is 46.2 Å². The summed E-state index contributed by atoms with van der Waals surface area (Å²) in [5.41, 5.74) is 6.07. The monoisotopic (exact) mass is 247 g/mol. The Hall–Kier alpha value is -0.610. The van der Waals surface area contributed by atoms with E-state index in [1.165, 1.54) is 6.07 Å². The van der Waals surface area contributed by atoms with Gasteiger partial charge in [-0.1, -0.05) is 15.9 Å². The van der Waals surface area contributed by atoms with E-state index < -0.39 is 5.82 Å². The highest BCUT2D eigenvalue weighted by Crippen LogP contribution is 2.26. The smallest absolute Gasteiger partial charge is 0.166 e. The molecule has 0 bridgehead atoms. The van der Waals surface area contributed by atoms with Gasteiger partial charge in [0.25, 0.3) is 0 Å². The summed E-state index contributed by atoms with van der Waals surface area (Å²) < 4.78 is 13.6. The van der Waals surface area contributed by atoms with Crippen LogP contribution in [-0.2, 0) is 6.42 Å². The lowest BCUT2D eigenvalue weighted by molar-refractivity contribution is 0.423. The fourth-order valence-electron chi connectivity index (χ4n) is 1.12. The Morgan fingerprint density at radius 1 is 1.62 bits per heavy atom. The summed E-state index contributed by atoms with van der Waals surface area (Å²) in [6, 6.07) is 2.79. The molecule has 1 aromatic carbocycles. The van der Waals surface area contributed by atoms with Crippen molar-refractivity contribution in [2.75, 3.05) is 0 Å². The molecule has 1 aromatic rings. The number of hydrogen-bond acceptors (Lipinski definition) is 2. The van der Waals surface area contributed by atoms with Crippen molar-refractivity contribution in [2.45, 2.75) is 19.4 Å². The standard InChI is InChI=1S/C9H11BrFNO/c1-5(12)2-6-3-7(10)4-8(11)9(6)13/h3-5,13H,2,12H2,1H3/t5-/m0/s1. The summed E-state index contributed by atoms with van der Waals surface area (Å²) in [4.78, 5) is 0. The number of nitrogens with two attached hydrogens (primary N) is 1.